The summed E-state index contributed by atoms with van der Waals surface area (Å²) in [6.45, 7) is 3.74. The lowest BCUT2D eigenvalue weighted by Gasteiger charge is -2.29. The largest absolute Gasteiger partial charge is 0.368 e. The van der Waals surface area contributed by atoms with E-state index in [1.54, 1.807) is 18.3 Å². The molecular formula is C16H17BrClFN4O. The van der Waals surface area contributed by atoms with Crippen LogP contribution in [0.4, 0.5) is 15.9 Å². The number of hydrogen-bond donors (Lipinski definition) is 2. The van der Waals surface area contributed by atoms with Gasteiger partial charge in [-0.2, -0.15) is 0 Å². The van der Waals surface area contributed by atoms with Crippen LogP contribution in [0.5, 0.6) is 0 Å². The van der Waals surface area contributed by atoms with E-state index in [0.717, 1.165) is 31.9 Å². The lowest BCUT2D eigenvalue weighted by atomic mass is 10.2. The number of aromatic nitrogens is 1. The van der Waals surface area contributed by atoms with Crippen molar-refractivity contribution < 1.29 is 9.18 Å². The first-order chi connectivity index (χ1) is 11.1. The van der Waals surface area contributed by atoms with E-state index in [9.17, 15) is 9.18 Å². The maximum atomic E-state index is 13.8. The van der Waals surface area contributed by atoms with E-state index in [2.05, 4.69) is 36.4 Å². The number of benzene rings is 1. The van der Waals surface area contributed by atoms with Gasteiger partial charge in [-0.15, -0.1) is 12.4 Å². The van der Waals surface area contributed by atoms with E-state index in [1.165, 1.54) is 12.1 Å². The number of nitrogens with zero attached hydrogens (tertiary/aromatic N) is 2. The molecule has 3 rings (SSSR count). The number of anilines is 2. The lowest BCUT2D eigenvalue weighted by molar-refractivity contribution is 0.102. The summed E-state index contributed by atoms with van der Waals surface area (Å²) in [5.74, 6) is -0.712. The minimum atomic E-state index is -0.575. The van der Waals surface area contributed by atoms with Crippen molar-refractivity contribution in [1.29, 1.82) is 0 Å². The second-order valence-corrected chi connectivity index (χ2v) is 6.04. The van der Waals surface area contributed by atoms with Crippen molar-refractivity contribution in [3.63, 3.8) is 0 Å². The molecule has 1 aromatic carbocycles. The zero-order valence-corrected chi connectivity index (χ0v) is 15.2. The SMILES string of the molecule is Cl.O=C(Nc1ccc(N2CCNCC2)cn1)c1c(F)cccc1Br. The molecule has 24 heavy (non-hydrogen) atoms. The molecule has 0 aliphatic carbocycles. The first-order valence-corrected chi connectivity index (χ1v) is 8.11. The van der Waals surface area contributed by atoms with E-state index in [4.69, 9.17) is 0 Å². The van der Waals surface area contributed by atoms with E-state index in [-0.39, 0.29) is 18.0 Å². The third kappa shape index (κ3) is 4.23. The Morgan fingerprint density at radius 2 is 2.00 bits per heavy atom. The molecule has 0 saturated carbocycles. The maximum absolute atomic E-state index is 13.8. The van der Waals surface area contributed by atoms with Crippen LogP contribution in [0.3, 0.4) is 0 Å². The summed E-state index contributed by atoms with van der Waals surface area (Å²) < 4.78 is 14.2. The number of amides is 1. The monoisotopic (exact) mass is 414 g/mol. The average molecular weight is 416 g/mol. The highest BCUT2D eigenvalue weighted by Crippen LogP contribution is 2.21. The molecule has 0 spiro atoms. The summed E-state index contributed by atoms with van der Waals surface area (Å²) in [7, 11) is 0. The van der Waals surface area contributed by atoms with Crippen LogP contribution < -0.4 is 15.5 Å². The number of halogens is 3. The molecular weight excluding hydrogens is 399 g/mol. The predicted octanol–water partition coefficient (Wildman–Crippen LogP) is 3.07. The van der Waals surface area contributed by atoms with Gasteiger partial charge < -0.3 is 15.5 Å². The van der Waals surface area contributed by atoms with Gasteiger partial charge >= 0.3 is 0 Å². The standard InChI is InChI=1S/C16H16BrFN4O.ClH/c17-12-2-1-3-13(18)15(12)16(23)21-14-5-4-11(10-20-14)22-8-6-19-7-9-22;/h1-5,10,19H,6-9H2,(H,20,21,23);1H. The number of pyridine rings is 1. The Kier molecular flexibility index (Phi) is 6.53. The molecule has 1 aliphatic rings. The normalized spacial score (nSPS) is 14.0. The molecule has 1 aliphatic heterocycles. The van der Waals surface area contributed by atoms with Crippen molar-refractivity contribution in [2.45, 2.75) is 0 Å². The maximum Gasteiger partial charge on any atom is 0.260 e. The molecule has 1 aromatic heterocycles. The van der Waals surface area contributed by atoms with Crippen LogP contribution in [0.15, 0.2) is 41.0 Å². The van der Waals surface area contributed by atoms with Crippen molar-refractivity contribution in [2.75, 3.05) is 36.4 Å². The fourth-order valence-electron chi connectivity index (χ4n) is 2.46. The Labute approximate surface area is 154 Å². The predicted molar refractivity (Wildman–Crippen MR) is 98.6 cm³/mol. The Balaban J connectivity index is 0.00000208. The highest BCUT2D eigenvalue weighted by molar-refractivity contribution is 9.10. The van der Waals surface area contributed by atoms with Gasteiger partial charge in [0.2, 0.25) is 0 Å². The fraction of sp³-hybridized carbons (Fsp3) is 0.250. The zero-order valence-electron chi connectivity index (χ0n) is 12.8. The average Bonchev–Trinajstić information content (AvgIpc) is 2.56. The van der Waals surface area contributed by atoms with Gasteiger partial charge in [0.1, 0.15) is 11.6 Å². The van der Waals surface area contributed by atoms with Crippen LogP contribution in [0.2, 0.25) is 0 Å². The number of rotatable bonds is 3. The quantitative estimate of drug-likeness (QED) is 0.809. The smallest absolute Gasteiger partial charge is 0.260 e. The van der Waals surface area contributed by atoms with Crippen LogP contribution >= 0.6 is 28.3 Å². The molecule has 0 bridgehead atoms. The number of hydrogen-bond acceptors (Lipinski definition) is 4. The molecule has 1 saturated heterocycles. The minimum absolute atomic E-state index is 0. The summed E-state index contributed by atoms with van der Waals surface area (Å²) >= 11 is 3.19. The fourth-order valence-corrected chi connectivity index (χ4v) is 2.99. The van der Waals surface area contributed by atoms with Gasteiger partial charge in [0.25, 0.3) is 5.91 Å². The summed E-state index contributed by atoms with van der Waals surface area (Å²) in [6.07, 6.45) is 1.72. The number of piperazine rings is 1. The molecule has 2 N–H and O–H groups in total. The van der Waals surface area contributed by atoms with Crippen molar-refractivity contribution in [3.05, 3.63) is 52.4 Å². The van der Waals surface area contributed by atoms with Crippen LogP contribution in [-0.2, 0) is 0 Å². The molecule has 2 heterocycles. The lowest BCUT2D eigenvalue weighted by Crippen LogP contribution is -2.43. The molecule has 0 atom stereocenters. The van der Waals surface area contributed by atoms with Crippen molar-refractivity contribution >= 4 is 45.7 Å². The first-order valence-electron chi connectivity index (χ1n) is 7.32. The number of nitrogens with one attached hydrogen (secondary N) is 2. The minimum Gasteiger partial charge on any atom is -0.368 e. The summed E-state index contributed by atoms with van der Waals surface area (Å²) in [4.78, 5) is 18.7. The zero-order chi connectivity index (χ0) is 16.2. The van der Waals surface area contributed by atoms with Crippen LogP contribution in [0, 0.1) is 5.82 Å². The molecule has 1 amide bonds. The van der Waals surface area contributed by atoms with Crippen LogP contribution in [0.1, 0.15) is 10.4 Å². The Hall–Kier alpha value is -1.70. The van der Waals surface area contributed by atoms with Gasteiger partial charge in [0.05, 0.1) is 17.4 Å². The highest BCUT2D eigenvalue weighted by Gasteiger charge is 2.16. The number of carbonyl (C=O) groups excluding carboxylic acids is 1. The van der Waals surface area contributed by atoms with Crippen molar-refractivity contribution in [3.8, 4) is 0 Å². The summed E-state index contributed by atoms with van der Waals surface area (Å²) in [5, 5.41) is 5.91. The van der Waals surface area contributed by atoms with E-state index < -0.39 is 11.7 Å². The van der Waals surface area contributed by atoms with Crippen molar-refractivity contribution in [1.82, 2.24) is 10.3 Å². The molecule has 1 fully saturated rings. The molecule has 8 heteroatoms. The molecule has 2 aromatic rings. The highest BCUT2D eigenvalue weighted by atomic mass is 79.9. The van der Waals surface area contributed by atoms with Crippen LogP contribution in [-0.4, -0.2) is 37.1 Å². The van der Waals surface area contributed by atoms with Gasteiger partial charge in [0.15, 0.2) is 0 Å². The van der Waals surface area contributed by atoms with Crippen molar-refractivity contribution in [2.24, 2.45) is 0 Å². The van der Waals surface area contributed by atoms with Gasteiger partial charge in [-0.3, -0.25) is 4.79 Å². The second kappa shape index (κ2) is 8.41. The summed E-state index contributed by atoms with van der Waals surface area (Å²) in [5.41, 5.74) is 0.983. The molecule has 0 unspecified atom stereocenters. The molecule has 0 radical (unpaired) electrons. The number of carbonyl (C=O) groups is 1. The Morgan fingerprint density at radius 1 is 1.25 bits per heavy atom. The van der Waals surface area contributed by atoms with Crippen LogP contribution in [0.25, 0.3) is 0 Å². The second-order valence-electron chi connectivity index (χ2n) is 5.19. The van der Waals surface area contributed by atoms with E-state index in [1.807, 2.05) is 6.07 Å². The Bertz CT molecular complexity index is 687. The van der Waals surface area contributed by atoms with E-state index in [0.29, 0.717) is 10.3 Å². The molecule has 5 nitrogen and oxygen atoms in total. The topological polar surface area (TPSA) is 57.3 Å². The van der Waals surface area contributed by atoms with Gasteiger partial charge in [-0.25, -0.2) is 9.37 Å². The van der Waals surface area contributed by atoms with Gasteiger partial charge in [-0.05, 0) is 40.2 Å². The van der Waals surface area contributed by atoms with E-state index >= 15 is 0 Å². The summed E-state index contributed by atoms with van der Waals surface area (Å²) in [6, 6.07) is 8.05. The molecule has 128 valence electrons. The van der Waals surface area contributed by atoms with Gasteiger partial charge in [0, 0.05) is 30.7 Å². The third-order valence-corrected chi connectivity index (χ3v) is 4.32. The third-order valence-electron chi connectivity index (χ3n) is 3.66. The van der Waals surface area contributed by atoms with Gasteiger partial charge in [-0.1, -0.05) is 6.07 Å². The first kappa shape index (κ1) is 18.6. The Morgan fingerprint density at radius 3 is 2.62 bits per heavy atom.